The summed E-state index contributed by atoms with van der Waals surface area (Å²) in [4.78, 5) is 44.0. The summed E-state index contributed by atoms with van der Waals surface area (Å²) in [6.45, 7) is 13.9. The van der Waals surface area contributed by atoms with Gasteiger partial charge in [0.05, 0.1) is 41.9 Å². The first kappa shape index (κ1) is 54.5. The number of amides is 1. The lowest BCUT2D eigenvalue weighted by atomic mass is 9.59. The number of nitrogens with one attached hydrogen (secondary N) is 3. The van der Waals surface area contributed by atoms with Crippen molar-refractivity contribution in [2.75, 3.05) is 63.7 Å². The van der Waals surface area contributed by atoms with Gasteiger partial charge in [-0.05, 0) is 123 Å². The Labute approximate surface area is 454 Å². The Hall–Kier alpha value is -6.87. The first-order chi connectivity index (χ1) is 37.3. The van der Waals surface area contributed by atoms with Crippen LogP contribution in [0, 0.1) is 34.2 Å². The smallest absolute Gasteiger partial charge is 0.312 e. The number of hydrogen-bond donors (Lipinski definition) is 4. The molecule has 1 atom stereocenters. The summed E-state index contributed by atoms with van der Waals surface area (Å²) < 4.78 is 62.4. The highest BCUT2D eigenvalue weighted by Crippen LogP contribution is 2.54. The van der Waals surface area contributed by atoms with Crippen molar-refractivity contribution >= 4 is 44.2 Å². The second kappa shape index (κ2) is 22.1. The second-order valence-corrected chi connectivity index (χ2v) is 24.2. The van der Waals surface area contributed by atoms with Crippen LogP contribution in [0.1, 0.15) is 117 Å². The van der Waals surface area contributed by atoms with Crippen LogP contribution < -0.4 is 29.1 Å². The molecule has 1 amide bonds. The van der Waals surface area contributed by atoms with Crippen molar-refractivity contribution in [2.45, 2.75) is 114 Å². The summed E-state index contributed by atoms with van der Waals surface area (Å²) in [5.41, 5.74) is 4.74. The summed E-state index contributed by atoms with van der Waals surface area (Å²) >= 11 is 0. The molecule has 1 spiro atoms. The molecule has 2 aliphatic heterocycles. The Morgan fingerprint density at radius 1 is 0.962 bits per heavy atom. The van der Waals surface area contributed by atoms with E-state index >= 15 is 0 Å². The minimum absolute atomic E-state index is 0.0149. The number of rotatable bonds is 17. The van der Waals surface area contributed by atoms with E-state index in [0.29, 0.717) is 44.2 Å². The van der Waals surface area contributed by atoms with Gasteiger partial charge in [0.25, 0.3) is 21.8 Å². The molecule has 78 heavy (non-hydrogen) atoms. The van der Waals surface area contributed by atoms with E-state index in [9.17, 15) is 32.8 Å². The molecule has 0 unspecified atom stereocenters. The van der Waals surface area contributed by atoms with Gasteiger partial charge >= 0.3 is 5.69 Å². The third-order valence-corrected chi connectivity index (χ3v) is 18.1. The first-order valence-corrected chi connectivity index (χ1v) is 28.5. The van der Waals surface area contributed by atoms with Crippen LogP contribution in [0.15, 0.2) is 90.1 Å². The van der Waals surface area contributed by atoms with E-state index in [2.05, 4.69) is 103 Å². The number of aryl methyl sites for hydroxylation is 1. The van der Waals surface area contributed by atoms with E-state index in [4.69, 9.17) is 14.2 Å². The van der Waals surface area contributed by atoms with Gasteiger partial charge in [0.1, 0.15) is 27.9 Å². The summed E-state index contributed by atoms with van der Waals surface area (Å²) in [6, 6.07) is 23.2. The Balaban J connectivity index is 0.857. The van der Waals surface area contributed by atoms with Gasteiger partial charge in [-0.3, -0.25) is 24.7 Å². The lowest BCUT2D eigenvalue weighted by Gasteiger charge is -2.58. The molecular weight excluding hydrogens is 1020 g/mol. The number of H-pyrrole nitrogens is 1. The highest BCUT2D eigenvalue weighted by atomic mass is 32.2. The number of carbonyl (C=O) groups excluding carboxylic acids is 1. The molecule has 4 fully saturated rings. The molecule has 3 aromatic carbocycles. The molecule has 4 aliphatic rings. The van der Waals surface area contributed by atoms with Crippen LogP contribution in [-0.2, 0) is 16.6 Å². The van der Waals surface area contributed by atoms with Crippen LogP contribution in [0.25, 0.3) is 11.0 Å². The lowest BCUT2D eigenvalue weighted by Crippen LogP contribution is -2.60. The number of ether oxygens (including phenoxy) is 3. The van der Waals surface area contributed by atoms with Crippen molar-refractivity contribution in [2.24, 2.45) is 11.3 Å². The molecule has 18 nitrogen and oxygen atoms in total. The molecule has 2 saturated carbocycles. The molecule has 2 aliphatic carbocycles. The topological polar surface area (TPSA) is 218 Å². The van der Waals surface area contributed by atoms with E-state index in [1.807, 2.05) is 0 Å². The SMILES string of the molecule is COc1cc(CN2CCN(C3CC4(CCN(c5ccc(C(=O)NS(=O)(=O)c6cnc(NCC7CCC(C)(O)CC7)c([N+](=O)[O-])c6)c(Oc6cc7c(F)c[nH]c7nc6OC)c5)CC4)C3)[C@H](c3ccccc3C(C)C)C2)ccc1C. The molecule has 3 aromatic heterocycles. The molecule has 20 heteroatoms. The number of benzene rings is 3. The number of halogens is 1. The number of pyridine rings is 2. The van der Waals surface area contributed by atoms with E-state index in [0.717, 1.165) is 100 Å². The van der Waals surface area contributed by atoms with Crippen LogP contribution >= 0.6 is 0 Å². The van der Waals surface area contributed by atoms with Crippen molar-refractivity contribution in [3.63, 3.8) is 0 Å². The number of sulfonamides is 1. The minimum atomic E-state index is -4.75. The number of fused-ring (bicyclic) bond motifs is 1. The zero-order chi connectivity index (χ0) is 55.1. The van der Waals surface area contributed by atoms with Gasteiger partial charge < -0.3 is 34.5 Å². The highest BCUT2D eigenvalue weighted by molar-refractivity contribution is 7.90. The van der Waals surface area contributed by atoms with Gasteiger partial charge in [0.2, 0.25) is 5.82 Å². The summed E-state index contributed by atoms with van der Waals surface area (Å²) in [5.74, 6) is -0.458. The van der Waals surface area contributed by atoms with Gasteiger partial charge in [-0.15, -0.1) is 0 Å². The predicted octanol–water partition coefficient (Wildman–Crippen LogP) is 10.0. The zero-order valence-electron chi connectivity index (χ0n) is 45.2. The fourth-order valence-corrected chi connectivity index (χ4v) is 13.2. The Morgan fingerprint density at radius 3 is 2.44 bits per heavy atom. The average molecular weight is 1090 g/mol. The van der Waals surface area contributed by atoms with E-state index in [-0.39, 0.29) is 57.2 Å². The fraction of sp³-hybridized carbons (Fsp3) is 0.466. The Morgan fingerprint density at radius 2 is 1.72 bits per heavy atom. The number of anilines is 2. The number of piperazine rings is 1. The number of aliphatic hydroxyl groups is 1. The third-order valence-electron chi connectivity index (χ3n) is 16.8. The first-order valence-electron chi connectivity index (χ1n) is 27.0. The number of nitrogens with zero attached hydrogens (tertiary/aromatic N) is 6. The Kier molecular flexibility index (Phi) is 15.4. The van der Waals surface area contributed by atoms with Crippen molar-refractivity contribution in [1.29, 1.82) is 0 Å². The van der Waals surface area contributed by atoms with E-state index < -0.39 is 42.9 Å². The quantitative estimate of drug-likeness (QED) is 0.0494. The largest absolute Gasteiger partial charge is 0.496 e. The Bertz CT molecular complexity index is 3310. The number of carbonyl (C=O) groups is 1. The van der Waals surface area contributed by atoms with Crippen molar-refractivity contribution in [1.82, 2.24) is 29.5 Å². The average Bonchev–Trinajstić information content (AvgIpc) is 3.89. The maximum absolute atomic E-state index is 14.9. The van der Waals surface area contributed by atoms with Crippen LogP contribution in [0.2, 0.25) is 0 Å². The maximum atomic E-state index is 14.9. The normalized spacial score (nSPS) is 21.1. The molecule has 6 aromatic rings. The van der Waals surface area contributed by atoms with Crippen LogP contribution in [0.5, 0.6) is 23.1 Å². The van der Waals surface area contributed by atoms with E-state index in [1.165, 1.54) is 35.9 Å². The van der Waals surface area contributed by atoms with E-state index in [1.54, 1.807) is 26.2 Å². The monoisotopic (exact) mass is 1090 g/mol. The number of piperidine rings is 1. The number of nitro groups is 1. The van der Waals surface area contributed by atoms with Crippen molar-refractivity contribution in [3.8, 4) is 23.1 Å². The number of aromatic amines is 1. The predicted molar refractivity (Wildman–Crippen MR) is 296 cm³/mol. The molecule has 5 heterocycles. The molecule has 2 saturated heterocycles. The highest BCUT2D eigenvalue weighted by Gasteiger charge is 2.50. The summed E-state index contributed by atoms with van der Waals surface area (Å²) in [7, 11) is -1.65. The van der Waals surface area contributed by atoms with Crippen molar-refractivity contribution < 1.29 is 41.8 Å². The fourth-order valence-electron chi connectivity index (χ4n) is 12.2. The number of hydrogen-bond acceptors (Lipinski definition) is 15. The molecule has 414 valence electrons. The van der Waals surface area contributed by atoms with Gasteiger partial charge in [-0.2, -0.15) is 4.98 Å². The van der Waals surface area contributed by atoms with Crippen molar-refractivity contribution in [3.05, 3.63) is 129 Å². The minimum Gasteiger partial charge on any atom is -0.496 e. The van der Waals surface area contributed by atoms with Crippen LogP contribution in [-0.4, -0.2) is 114 Å². The lowest BCUT2D eigenvalue weighted by molar-refractivity contribution is -0.384. The number of methoxy groups -OCH3 is 2. The standard InChI is InChI=1S/C58H70FN9O9S/c1-36(2)43-9-7-8-10-44(43)49-35-65(34-39-12-11-37(3)50(25-39)75-5)23-24-67(49)41-29-58(30-41)19-21-66(22-20-58)40-13-14-45(51(26-40)77-52-28-46-47(59)33-62-53(46)63-56(52)76-6)55(69)64-78(73,74)42-27-48(68(71)72)54(61-32-42)60-31-38-15-17-57(4,70)18-16-38/h7-14,25-28,32-33,36,38,41,49,70H,15-24,29-31,34-35H2,1-6H3,(H,60,61)(H,62,63)(H,64,69)/t38?,49-,57?/m0/s1. The van der Waals surface area contributed by atoms with Crippen LogP contribution in [0.3, 0.4) is 0 Å². The molecular formula is C58H70FN9O9S. The number of aromatic nitrogens is 3. The molecule has 0 radical (unpaired) electrons. The maximum Gasteiger partial charge on any atom is 0.312 e. The summed E-state index contributed by atoms with van der Waals surface area (Å²) in [5, 5.41) is 25.7. The molecule has 0 bridgehead atoms. The summed E-state index contributed by atoms with van der Waals surface area (Å²) in [6.07, 6.45) is 8.78. The molecule has 4 N–H and O–H groups in total. The van der Waals surface area contributed by atoms with Gasteiger partial charge in [0.15, 0.2) is 5.75 Å². The second-order valence-electron chi connectivity index (χ2n) is 22.5. The van der Waals surface area contributed by atoms with Gasteiger partial charge in [-0.25, -0.2) is 22.5 Å². The van der Waals surface area contributed by atoms with Gasteiger partial charge in [-0.1, -0.05) is 50.2 Å². The third kappa shape index (κ3) is 11.5. The van der Waals surface area contributed by atoms with Gasteiger partial charge in [0, 0.05) is 88.0 Å². The van der Waals surface area contributed by atoms with Crippen LogP contribution in [0.4, 0.5) is 21.6 Å². The molecule has 10 rings (SSSR count). The zero-order valence-corrected chi connectivity index (χ0v) is 46.0.